The van der Waals surface area contributed by atoms with Gasteiger partial charge in [-0.3, -0.25) is 0 Å². The first-order chi connectivity index (χ1) is 17.1. The molecule has 5 aromatic carbocycles. The van der Waals surface area contributed by atoms with Crippen molar-refractivity contribution in [1.29, 1.82) is 0 Å². The van der Waals surface area contributed by atoms with Gasteiger partial charge in [0, 0.05) is 12.6 Å². The van der Waals surface area contributed by atoms with Gasteiger partial charge >= 0.3 is 0 Å². The molecule has 0 N–H and O–H groups in total. The molecule has 0 fully saturated rings. The molecule has 0 unspecified atom stereocenters. The summed E-state index contributed by atoms with van der Waals surface area (Å²) in [5.74, 6) is 0. The van der Waals surface area contributed by atoms with E-state index in [4.69, 9.17) is 23.2 Å². The van der Waals surface area contributed by atoms with E-state index in [1.807, 2.05) is 0 Å². The van der Waals surface area contributed by atoms with Crippen molar-refractivity contribution in [2.75, 3.05) is 18.7 Å². The van der Waals surface area contributed by atoms with Crippen LogP contribution in [0.2, 0.25) is 0 Å². The minimum Gasteiger partial charge on any atom is -0.140 e. The highest BCUT2D eigenvalue weighted by Crippen LogP contribution is 2.56. The fourth-order valence-corrected chi connectivity index (χ4v) is 7.42. The predicted octanol–water partition coefficient (Wildman–Crippen LogP) is 9.06. The van der Waals surface area contributed by atoms with Gasteiger partial charge in [-0.1, -0.05) is 137 Å². The van der Waals surface area contributed by atoms with Crippen LogP contribution in [0.4, 0.5) is 0 Å². The van der Waals surface area contributed by atoms with Gasteiger partial charge in [0.25, 0.3) is 0 Å². The van der Waals surface area contributed by atoms with Gasteiger partial charge in [-0.15, -0.1) is 34.8 Å². The second kappa shape index (κ2) is 11.8. The number of rotatable bonds is 5. The number of alkyl halides is 2. The maximum Gasteiger partial charge on any atom is 0.0967 e. The van der Waals surface area contributed by atoms with Crippen LogP contribution in [0.5, 0.6) is 0 Å². The van der Waals surface area contributed by atoms with E-state index in [0.29, 0.717) is 0 Å². The molecular formula is C32H29Cl2P. The molecule has 0 aliphatic rings. The van der Waals surface area contributed by atoms with Gasteiger partial charge in [0.05, 0.1) is 24.0 Å². The average Bonchev–Trinajstić information content (AvgIpc) is 3.33. The van der Waals surface area contributed by atoms with Crippen LogP contribution in [0.1, 0.15) is 0 Å². The lowest BCUT2D eigenvalue weighted by Crippen LogP contribution is -2.22. The minimum absolute atomic E-state index is 0.194. The zero-order valence-corrected chi connectivity index (χ0v) is 22.4. The molecular weight excluding hydrogens is 486 g/mol. The second-order valence-corrected chi connectivity index (χ2v) is 13.4. The molecule has 0 radical (unpaired) electrons. The van der Waals surface area contributed by atoms with Gasteiger partial charge in [-0.25, -0.2) is 0 Å². The molecule has 0 saturated carbocycles. The second-order valence-electron chi connectivity index (χ2n) is 8.68. The zero-order valence-electron chi connectivity index (χ0n) is 20.0. The third-order valence-electron chi connectivity index (χ3n) is 6.24. The van der Waals surface area contributed by atoms with Crippen molar-refractivity contribution in [1.82, 2.24) is 0 Å². The number of halogens is 2. The van der Waals surface area contributed by atoms with Crippen molar-refractivity contribution < 1.29 is 0 Å². The Balaban J connectivity index is 0.000000917. The van der Waals surface area contributed by atoms with Crippen LogP contribution < -0.4 is 10.6 Å². The Bertz CT molecular complexity index is 1330. The monoisotopic (exact) mass is 514 g/mol. The first kappa shape index (κ1) is 25.3. The Labute approximate surface area is 219 Å². The molecule has 0 nitrogen and oxygen atoms in total. The van der Waals surface area contributed by atoms with Crippen LogP contribution in [-0.4, -0.2) is 18.7 Å². The molecule has 176 valence electrons. The van der Waals surface area contributed by atoms with Crippen LogP contribution in [0, 0.1) is 0 Å². The molecule has 0 spiro atoms. The Morgan fingerprint density at radius 1 is 0.571 bits per heavy atom. The zero-order chi connectivity index (χ0) is 24.7. The average molecular weight is 515 g/mol. The lowest BCUT2D eigenvalue weighted by atomic mass is 9.99. The standard InChI is InChI=1S/C31H27P.CH2Cl2/c1-32(2,27-21-13-6-14-22-27)31-29(25-17-9-4-10-18-25)23-28(24-15-7-3-8-16-24)30(31)26-19-11-5-12-20-26;2-1-3/h3-23H,1-2H3;1H2. The molecule has 0 amide bonds. The first-order valence-electron chi connectivity index (χ1n) is 11.6. The molecule has 0 heterocycles. The fraction of sp³-hybridized carbons (Fsp3) is 0.0938. The smallest absolute Gasteiger partial charge is 0.0967 e. The van der Waals surface area contributed by atoms with E-state index in [-0.39, 0.29) is 5.34 Å². The van der Waals surface area contributed by atoms with Crippen LogP contribution in [-0.2, 0) is 0 Å². The summed E-state index contributed by atoms with van der Waals surface area (Å²) in [4.78, 5) is 0. The molecule has 0 aliphatic heterocycles. The van der Waals surface area contributed by atoms with Gasteiger partial charge < -0.3 is 0 Å². The summed E-state index contributed by atoms with van der Waals surface area (Å²) in [6, 6.07) is 46.1. The molecule has 0 bridgehead atoms. The summed E-state index contributed by atoms with van der Waals surface area (Å²) in [5, 5.41) is 3.11. The summed E-state index contributed by atoms with van der Waals surface area (Å²) in [5.41, 5.74) is 7.87. The van der Waals surface area contributed by atoms with E-state index in [0.717, 1.165) is 0 Å². The lowest BCUT2D eigenvalue weighted by molar-refractivity contribution is 1.64. The topological polar surface area (TPSA) is 0 Å². The third kappa shape index (κ3) is 5.57. The van der Waals surface area contributed by atoms with Crippen LogP contribution in [0.25, 0.3) is 33.4 Å². The highest BCUT2D eigenvalue weighted by atomic mass is 35.5. The van der Waals surface area contributed by atoms with Gasteiger partial charge in [-0.05, 0) is 12.1 Å². The maximum atomic E-state index is 4.76. The highest BCUT2D eigenvalue weighted by Gasteiger charge is 2.34. The molecule has 3 heteroatoms. The van der Waals surface area contributed by atoms with Crippen molar-refractivity contribution in [2.45, 2.75) is 0 Å². The Morgan fingerprint density at radius 2 is 0.971 bits per heavy atom. The highest BCUT2D eigenvalue weighted by molar-refractivity contribution is 7.88. The molecule has 0 atom stereocenters. The molecule has 0 aliphatic carbocycles. The Hall–Kier alpha value is -2.76. The van der Waals surface area contributed by atoms with E-state index in [1.165, 1.54) is 44.0 Å². The van der Waals surface area contributed by atoms with E-state index >= 15 is 0 Å². The van der Waals surface area contributed by atoms with Crippen LogP contribution in [0.3, 0.4) is 0 Å². The molecule has 0 saturated heterocycles. The summed E-state index contributed by atoms with van der Waals surface area (Å²) < 4.78 is 0. The summed E-state index contributed by atoms with van der Waals surface area (Å²) in [7, 11) is -1.65. The molecule has 5 aromatic rings. The van der Waals surface area contributed by atoms with E-state index in [2.05, 4.69) is 141 Å². The van der Waals surface area contributed by atoms with E-state index in [9.17, 15) is 0 Å². The van der Waals surface area contributed by atoms with Gasteiger partial charge in [0.2, 0.25) is 0 Å². The quantitative estimate of drug-likeness (QED) is 0.124. The van der Waals surface area contributed by atoms with E-state index in [1.54, 1.807) is 0 Å². The predicted molar refractivity (Wildman–Crippen MR) is 159 cm³/mol. The number of hydrogen-bond donors (Lipinski definition) is 0. The normalized spacial score (nSPS) is 11.0. The van der Waals surface area contributed by atoms with Crippen molar-refractivity contribution in [3.63, 3.8) is 0 Å². The fourth-order valence-electron chi connectivity index (χ4n) is 4.64. The molecule has 35 heavy (non-hydrogen) atoms. The summed E-state index contributed by atoms with van der Waals surface area (Å²) in [6.45, 7) is 4.93. The van der Waals surface area contributed by atoms with Crippen LogP contribution in [0.15, 0.2) is 127 Å². The molecule has 5 rings (SSSR count). The first-order valence-corrected chi connectivity index (χ1v) is 15.3. The Morgan fingerprint density at radius 3 is 1.46 bits per heavy atom. The largest absolute Gasteiger partial charge is 0.140 e. The van der Waals surface area contributed by atoms with Crippen molar-refractivity contribution in [3.8, 4) is 33.4 Å². The minimum atomic E-state index is -1.65. The SMILES string of the molecule is C[P+](C)(c1ccccc1)[c-]1c(-c2ccccc2)cc(-c2ccccc2)c1-c1ccccc1.ClCCl. The third-order valence-corrected chi connectivity index (χ3v) is 9.41. The lowest BCUT2D eigenvalue weighted by Gasteiger charge is -2.26. The van der Waals surface area contributed by atoms with Gasteiger partial charge in [0.15, 0.2) is 0 Å². The van der Waals surface area contributed by atoms with Crippen molar-refractivity contribution in [3.05, 3.63) is 127 Å². The molecule has 0 aromatic heterocycles. The van der Waals surface area contributed by atoms with Gasteiger partial charge in [0.1, 0.15) is 0 Å². The van der Waals surface area contributed by atoms with E-state index < -0.39 is 7.26 Å². The number of hydrogen-bond acceptors (Lipinski definition) is 0. The summed E-state index contributed by atoms with van der Waals surface area (Å²) >= 11 is 9.53. The summed E-state index contributed by atoms with van der Waals surface area (Å²) in [6.07, 6.45) is 0. The Kier molecular flexibility index (Phi) is 8.53. The van der Waals surface area contributed by atoms with Gasteiger partial charge in [-0.2, -0.15) is 0 Å². The van der Waals surface area contributed by atoms with Crippen LogP contribution >= 0.6 is 30.5 Å². The number of benzene rings is 4. The van der Waals surface area contributed by atoms with Crippen molar-refractivity contribution in [2.24, 2.45) is 0 Å². The van der Waals surface area contributed by atoms with Crippen molar-refractivity contribution >= 4 is 41.1 Å². The maximum absolute atomic E-state index is 4.76.